The number of carbonyl (C=O) groups excluding carboxylic acids is 1. The monoisotopic (exact) mass is 300 g/mol. The first-order valence-corrected chi connectivity index (χ1v) is 6.32. The number of anilines is 1. The highest BCUT2D eigenvalue weighted by atomic mass is 19.1. The smallest absolute Gasteiger partial charge is 0.255 e. The molecule has 0 aliphatic carbocycles. The second-order valence-electron chi connectivity index (χ2n) is 4.33. The number of hydrogen-bond donors (Lipinski definition) is 1. The number of halogens is 1. The summed E-state index contributed by atoms with van der Waals surface area (Å²) in [5.41, 5.74) is 0.794. The number of amides is 1. The Labute approximate surface area is 126 Å². The van der Waals surface area contributed by atoms with Crippen molar-refractivity contribution in [1.29, 1.82) is 5.26 Å². The molecule has 0 unspecified atom stereocenters. The van der Waals surface area contributed by atoms with E-state index in [1.54, 1.807) is 0 Å². The van der Waals surface area contributed by atoms with E-state index >= 15 is 0 Å². The minimum Gasteiger partial charge on any atom is -0.493 e. The van der Waals surface area contributed by atoms with Gasteiger partial charge in [0.2, 0.25) is 0 Å². The Bertz CT molecular complexity index is 736. The van der Waals surface area contributed by atoms with E-state index < -0.39 is 11.7 Å². The third-order valence-electron chi connectivity index (χ3n) is 3.00. The summed E-state index contributed by atoms with van der Waals surface area (Å²) in [6.45, 7) is 0. The lowest BCUT2D eigenvalue weighted by atomic mass is 10.1. The summed E-state index contributed by atoms with van der Waals surface area (Å²) in [4.78, 5) is 12.1. The first-order valence-electron chi connectivity index (χ1n) is 6.32. The van der Waals surface area contributed by atoms with Crippen molar-refractivity contribution in [3.63, 3.8) is 0 Å². The molecule has 0 bridgehead atoms. The number of rotatable bonds is 4. The van der Waals surface area contributed by atoms with Crippen molar-refractivity contribution in [1.82, 2.24) is 0 Å². The zero-order valence-corrected chi connectivity index (χ0v) is 12.0. The van der Waals surface area contributed by atoms with Gasteiger partial charge in [-0.2, -0.15) is 5.26 Å². The van der Waals surface area contributed by atoms with Gasteiger partial charge >= 0.3 is 0 Å². The number of nitriles is 1. The number of nitrogens with zero attached hydrogens (tertiary/aromatic N) is 1. The first kappa shape index (κ1) is 15.3. The summed E-state index contributed by atoms with van der Waals surface area (Å²) in [5.74, 6) is -0.112. The molecular weight excluding hydrogens is 287 g/mol. The number of benzene rings is 2. The lowest BCUT2D eigenvalue weighted by molar-refractivity contribution is 0.102. The molecule has 2 rings (SSSR count). The zero-order valence-electron chi connectivity index (χ0n) is 12.0. The van der Waals surface area contributed by atoms with Crippen molar-refractivity contribution >= 4 is 11.6 Å². The molecule has 0 saturated carbocycles. The molecular formula is C16H13FN2O3. The normalized spacial score (nSPS) is 9.73. The number of carbonyl (C=O) groups is 1. The standard InChI is InChI=1S/C16H13FN2O3/c1-21-14-7-11(9-18)13(8-15(14)22-2)19-16(20)10-3-5-12(17)6-4-10/h3-8H,1-2H3,(H,19,20). The molecule has 2 aromatic rings. The topological polar surface area (TPSA) is 71.3 Å². The van der Waals surface area contributed by atoms with Gasteiger partial charge in [-0.25, -0.2) is 4.39 Å². The molecule has 2 aromatic carbocycles. The Hall–Kier alpha value is -3.07. The van der Waals surface area contributed by atoms with Gasteiger partial charge in [0.25, 0.3) is 5.91 Å². The van der Waals surface area contributed by atoms with Crippen LogP contribution in [0.2, 0.25) is 0 Å². The lowest BCUT2D eigenvalue weighted by Gasteiger charge is -2.12. The van der Waals surface area contributed by atoms with E-state index in [4.69, 9.17) is 9.47 Å². The Balaban J connectivity index is 2.34. The number of ether oxygens (including phenoxy) is 2. The fraction of sp³-hybridized carbons (Fsp3) is 0.125. The van der Waals surface area contributed by atoms with Gasteiger partial charge in [0.05, 0.1) is 25.5 Å². The van der Waals surface area contributed by atoms with Crippen molar-refractivity contribution in [2.45, 2.75) is 0 Å². The maximum absolute atomic E-state index is 12.9. The molecule has 6 heteroatoms. The van der Waals surface area contributed by atoms with Crippen LogP contribution in [-0.2, 0) is 0 Å². The molecule has 0 aliphatic rings. The van der Waals surface area contributed by atoms with Gasteiger partial charge in [0.1, 0.15) is 11.9 Å². The van der Waals surface area contributed by atoms with Crippen molar-refractivity contribution in [2.24, 2.45) is 0 Å². The van der Waals surface area contributed by atoms with Gasteiger partial charge in [0, 0.05) is 17.7 Å². The average Bonchev–Trinajstić information content (AvgIpc) is 2.54. The van der Waals surface area contributed by atoms with Crippen LogP contribution in [0.3, 0.4) is 0 Å². The predicted octanol–water partition coefficient (Wildman–Crippen LogP) is 2.97. The fourth-order valence-electron chi connectivity index (χ4n) is 1.87. The van der Waals surface area contributed by atoms with Crippen LogP contribution in [0.5, 0.6) is 11.5 Å². The van der Waals surface area contributed by atoms with E-state index in [1.165, 1.54) is 50.6 Å². The molecule has 0 saturated heterocycles. The van der Waals surface area contributed by atoms with E-state index in [2.05, 4.69) is 5.32 Å². The van der Waals surface area contributed by atoms with Crippen LogP contribution in [0.15, 0.2) is 36.4 Å². The van der Waals surface area contributed by atoms with Gasteiger partial charge in [-0.15, -0.1) is 0 Å². The van der Waals surface area contributed by atoms with Crippen LogP contribution < -0.4 is 14.8 Å². The second-order valence-corrected chi connectivity index (χ2v) is 4.33. The Kier molecular flexibility index (Phi) is 4.59. The third-order valence-corrected chi connectivity index (χ3v) is 3.00. The molecule has 0 atom stereocenters. The highest BCUT2D eigenvalue weighted by molar-refractivity contribution is 6.05. The maximum atomic E-state index is 12.9. The molecule has 22 heavy (non-hydrogen) atoms. The van der Waals surface area contributed by atoms with Crippen molar-refractivity contribution in [3.05, 3.63) is 53.3 Å². The highest BCUT2D eigenvalue weighted by Crippen LogP contribution is 2.33. The molecule has 0 aromatic heterocycles. The van der Waals surface area contributed by atoms with Crippen molar-refractivity contribution < 1.29 is 18.7 Å². The summed E-state index contributed by atoms with van der Waals surface area (Å²) in [6.07, 6.45) is 0. The Morgan fingerprint density at radius 3 is 2.27 bits per heavy atom. The quantitative estimate of drug-likeness (QED) is 0.942. The molecule has 0 heterocycles. The minimum atomic E-state index is -0.455. The average molecular weight is 300 g/mol. The maximum Gasteiger partial charge on any atom is 0.255 e. The van der Waals surface area contributed by atoms with Crippen molar-refractivity contribution in [2.75, 3.05) is 19.5 Å². The first-order chi connectivity index (χ1) is 10.6. The zero-order chi connectivity index (χ0) is 16.1. The predicted molar refractivity (Wildman–Crippen MR) is 78.6 cm³/mol. The summed E-state index contributed by atoms with van der Waals surface area (Å²) in [7, 11) is 2.91. The van der Waals surface area contributed by atoms with E-state index in [1.807, 2.05) is 6.07 Å². The molecule has 1 amide bonds. The summed E-state index contributed by atoms with van der Waals surface area (Å²) >= 11 is 0. The highest BCUT2D eigenvalue weighted by Gasteiger charge is 2.14. The molecule has 112 valence electrons. The molecule has 0 aliphatic heterocycles. The van der Waals surface area contributed by atoms with Gasteiger partial charge in [-0.1, -0.05) is 0 Å². The molecule has 0 fully saturated rings. The number of nitrogens with one attached hydrogen (secondary N) is 1. The minimum absolute atomic E-state index is 0.230. The van der Waals surface area contributed by atoms with E-state index in [0.29, 0.717) is 11.5 Å². The number of hydrogen-bond acceptors (Lipinski definition) is 4. The van der Waals surface area contributed by atoms with E-state index in [0.717, 1.165) is 0 Å². The van der Waals surface area contributed by atoms with Crippen LogP contribution in [0.4, 0.5) is 10.1 Å². The third kappa shape index (κ3) is 3.15. The molecule has 0 spiro atoms. The van der Waals surface area contributed by atoms with E-state index in [-0.39, 0.29) is 16.8 Å². The summed E-state index contributed by atoms with van der Waals surface area (Å²) < 4.78 is 23.1. The van der Waals surface area contributed by atoms with Gasteiger partial charge in [0.15, 0.2) is 11.5 Å². The molecule has 5 nitrogen and oxygen atoms in total. The van der Waals surface area contributed by atoms with Gasteiger partial charge in [-0.3, -0.25) is 4.79 Å². The second kappa shape index (κ2) is 6.59. The fourth-order valence-corrected chi connectivity index (χ4v) is 1.87. The Morgan fingerprint density at radius 1 is 1.14 bits per heavy atom. The van der Waals surface area contributed by atoms with Crippen LogP contribution in [-0.4, -0.2) is 20.1 Å². The SMILES string of the molecule is COc1cc(C#N)c(NC(=O)c2ccc(F)cc2)cc1OC. The van der Waals surface area contributed by atoms with Crippen LogP contribution in [0.1, 0.15) is 15.9 Å². The van der Waals surface area contributed by atoms with Crippen LogP contribution in [0.25, 0.3) is 0 Å². The van der Waals surface area contributed by atoms with Crippen LogP contribution in [0, 0.1) is 17.1 Å². The summed E-state index contributed by atoms with van der Waals surface area (Å²) in [6, 6.07) is 10.0. The lowest BCUT2D eigenvalue weighted by Crippen LogP contribution is -2.13. The summed E-state index contributed by atoms with van der Waals surface area (Å²) in [5, 5.41) is 11.8. The largest absolute Gasteiger partial charge is 0.493 e. The molecule has 0 radical (unpaired) electrons. The van der Waals surface area contributed by atoms with Gasteiger partial charge in [-0.05, 0) is 24.3 Å². The molecule has 1 N–H and O–H groups in total. The Morgan fingerprint density at radius 2 is 1.73 bits per heavy atom. The van der Waals surface area contributed by atoms with Crippen molar-refractivity contribution in [3.8, 4) is 17.6 Å². The number of methoxy groups -OCH3 is 2. The van der Waals surface area contributed by atoms with E-state index in [9.17, 15) is 14.4 Å². The van der Waals surface area contributed by atoms with Crippen LogP contribution >= 0.6 is 0 Å². The van der Waals surface area contributed by atoms with Gasteiger partial charge < -0.3 is 14.8 Å².